The van der Waals surface area contributed by atoms with Gasteiger partial charge in [0.1, 0.15) is 15.7 Å². The highest BCUT2D eigenvalue weighted by Crippen LogP contribution is 2.65. The number of nitrogens with one attached hydrogen (secondary N) is 2. The Kier molecular flexibility index (Phi) is 5.76. The first-order chi connectivity index (χ1) is 14.6. The van der Waals surface area contributed by atoms with Crippen molar-refractivity contribution >= 4 is 68.2 Å². The molecular formula is C22H15BrCl3FN2O2. The number of halogens is 5. The van der Waals surface area contributed by atoms with Crippen LogP contribution in [0.4, 0.5) is 10.1 Å². The third-order valence-electron chi connectivity index (χ3n) is 5.44. The van der Waals surface area contributed by atoms with Crippen molar-refractivity contribution in [1.82, 2.24) is 5.32 Å². The van der Waals surface area contributed by atoms with Gasteiger partial charge in [0.2, 0.25) is 5.91 Å². The van der Waals surface area contributed by atoms with E-state index in [9.17, 15) is 14.0 Å². The first-order valence-electron chi connectivity index (χ1n) is 9.31. The maximum atomic E-state index is 13.8. The number of hydrogen-bond donors (Lipinski definition) is 2. The standard InChI is InChI=1S/C22H15BrCl3FN2O2/c1-2-21(5-6-21)29-19(30)15-10-14(3-4-16(15)24)28-20(31)18-17(22(18,25)26)11-7-12(23)9-13(27)8-11/h1,3-4,7-10,17-18H,5-6H2,(H,28,31)(H,29,30). The summed E-state index contributed by atoms with van der Waals surface area (Å²) in [5, 5.41) is 5.72. The van der Waals surface area contributed by atoms with E-state index >= 15 is 0 Å². The van der Waals surface area contributed by atoms with Crippen molar-refractivity contribution in [2.45, 2.75) is 28.6 Å². The third-order valence-corrected chi connectivity index (χ3v) is 7.17. The van der Waals surface area contributed by atoms with E-state index in [2.05, 4.69) is 32.5 Å². The molecule has 9 heteroatoms. The van der Waals surface area contributed by atoms with Crippen molar-refractivity contribution in [3.63, 3.8) is 0 Å². The first kappa shape index (κ1) is 22.4. The van der Waals surface area contributed by atoms with Gasteiger partial charge >= 0.3 is 0 Å². The van der Waals surface area contributed by atoms with Crippen LogP contribution in [0.1, 0.15) is 34.7 Å². The van der Waals surface area contributed by atoms with E-state index in [4.69, 9.17) is 41.2 Å². The van der Waals surface area contributed by atoms with Crippen LogP contribution in [0.3, 0.4) is 0 Å². The number of carbonyl (C=O) groups is 2. The number of terminal acetylenes is 1. The van der Waals surface area contributed by atoms with Gasteiger partial charge in [-0.15, -0.1) is 29.6 Å². The Labute approximate surface area is 201 Å². The summed E-state index contributed by atoms with van der Waals surface area (Å²) in [5.74, 6) is -0.141. The van der Waals surface area contributed by atoms with Gasteiger partial charge in [0.15, 0.2) is 0 Å². The second kappa shape index (κ2) is 7.97. The smallest absolute Gasteiger partial charge is 0.254 e. The number of rotatable bonds is 5. The second-order valence-electron chi connectivity index (χ2n) is 7.70. The van der Waals surface area contributed by atoms with Crippen LogP contribution in [0.2, 0.25) is 5.02 Å². The molecule has 2 aromatic carbocycles. The van der Waals surface area contributed by atoms with Crippen LogP contribution in [0, 0.1) is 24.1 Å². The molecule has 2 amide bonds. The highest BCUT2D eigenvalue weighted by molar-refractivity contribution is 9.10. The highest BCUT2D eigenvalue weighted by atomic mass is 79.9. The summed E-state index contributed by atoms with van der Waals surface area (Å²) in [7, 11) is 0. The molecule has 0 spiro atoms. The van der Waals surface area contributed by atoms with Crippen LogP contribution in [0.5, 0.6) is 0 Å². The molecule has 2 aliphatic rings. The largest absolute Gasteiger partial charge is 0.336 e. The van der Waals surface area contributed by atoms with Crippen LogP contribution in [-0.4, -0.2) is 21.7 Å². The van der Waals surface area contributed by atoms with E-state index in [1.54, 1.807) is 12.1 Å². The van der Waals surface area contributed by atoms with E-state index in [-0.39, 0.29) is 10.6 Å². The molecule has 2 N–H and O–H groups in total. The Hall–Kier alpha value is -1.78. The minimum atomic E-state index is -1.38. The zero-order valence-electron chi connectivity index (χ0n) is 15.8. The van der Waals surface area contributed by atoms with Gasteiger partial charge in [-0.3, -0.25) is 9.59 Å². The lowest BCUT2D eigenvalue weighted by atomic mass is 10.1. The lowest BCUT2D eigenvalue weighted by Gasteiger charge is -2.13. The Bertz CT molecular complexity index is 1120. The summed E-state index contributed by atoms with van der Waals surface area (Å²) in [5.41, 5.74) is 0.416. The fourth-order valence-electron chi connectivity index (χ4n) is 3.53. The lowest BCUT2D eigenvalue weighted by Crippen LogP contribution is -2.35. The second-order valence-corrected chi connectivity index (χ2v) is 10.5. The molecule has 2 saturated carbocycles. The van der Waals surface area contributed by atoms with Crippen molar-refractivity contribution in [3.05, 3.63) is 62.8 Å². The van der Waals surface area contributed by atoms with Gasteiger partial charge in [0.25, 0.3) is 5.91 Å². The molecule has 2 fully saturated rings. The molecule has 2 atom stereocenters. The summed E-state index contributed by atoms with van der Waals surface area (Å²) in [4.78, 5) is 25.4. The predicted octanol–water partition coefficient (Wildman–Crippen LogP) is 5.66. The van der Waals surface area contributed by atoms with Gasteiger partial charge < -0.3 is 10.6 Å². The minimum absolute atomic E-state index is 0.186. The van der Waals surface area contributed by atoms with Crippen molar-refractivity contribution in [1.29, 1.82) is 0 Å². The summed E-state index contributed by atoms with van der Waals surface area (Å²) >= 11 is 22.1. The van der Waals surface area contributed by atoms with Crippen LogP contribution in [-0.2, 0) is 4.79 Å². The number of carbonyl (C=O) groups excluding carboxylic acids is 2. The van der Waals surface area contributed by atoms with Crippen LogP contribution in [0.15, 0.2) is 40.9 Å². The molecule has 31 heavy (non-hydrogen) atoms. The summed E-state index contributed by atoms with van der Waals surface area (Å²) < 4.78 is 12.9. The highest BCUT2D eigenvalue weighted by Gasteiger charge is 2.67. The number of amides is 2. The molecule has 2 aromatic rings. The van der Waals surface area contributed by atoms with Crippen LogP contribution < -0.4 is 10.6 Å². The van der Waals surface area contributed by atoms with Crippen LogP contribution in [0.25, 0.3) is 0 Å². The molecule has 0 aliphatic heterocycles. The fourth-order valence-corrected chi connectivity index (χ4v) is 5.05. The molecular weight excluding hydrogens is 530 g/mol. The molecule has 2 unspecified atom stereocenters. The average molecular weight is 545 g/mol. The third kappa shape index (κ3) is 4.42. The quantitative estimate of drug-likeness (QED) is 0.377. The normalized spacial score (nSPS) is 22.2. The Morgan fingerprint density at radius 1 is 1.19 bits per heavy atom. The van der Waals surface area contributed by atoms with Crippen molar-refractivity contribution in [2.75, 3.05) is 5.32 Å². The summed E-state index contributed by atoms with van der Waals surface area (Å²) in [6, 6.07) is 8.80. The van der Waals surface area contributed by atoms with Gasteiger partial charge in [-0.1, -0.05) is 33.5 Å². The monoisotopic (exact) mass is 542 g/mol. The predicted molar refractivity (Wildman–Crippen MR) is 123 cm³/mol. The zero-order valence-corrected chi connectivity index (χ0v) is 19.7. The van der Waals surface area contributed by atoms with Gasteiger partial charge in [0, 0.05) is 16.1 Å². The zero-order chi connectivity index (χ0) is 22.6. The number of anilines is 1. The summed E-state index contributed by atoms with van der Waals surface area (Å²) in [6.45, 7) is 0. The topological polar surface area (TPSA) is 58.2 Å². The lowest BCUT2D eigenvalue weighted by molar-refractivity contribution is -0.117. The number of hydrogen-bond acceptors (Lipinski definition) is 2. The molecule has 0 saturated heterocycles. The number of benzene rings is 2. The number of alkyl halides is 2. The van der Waals surface area contributed by atoms with E-state index < -0.39 is 39.3 Å². The molecule has 160 valence electrons. The van der Waals surface area contributed by atoms with E-state index in [0.29, 0.717) is 28.6 Å². The van der Waals surface area contributed by atoms with E-state index in [0.717, 1.165) is 0 Å². The molecule has 0 heterocycles. The maximum absolute atomic E-state index is 13.8. The first-order valence-corrected chi connectivity index (χ1v) is 11.2. The van der Waals surface area contributed by atoms with Crippen molar-refractivity contribution < 1.29 is 14.0 Å². The molecule has 4 nitrogen and oxygen atoms in total. The van der Waals surface area contributed by atoms with Gasteiger partial charge in [-0.25, -0.2) is 4.39 Å². The molecule has 0 radical (unpaired) electrons. The van der Waals surface area contributed by atoms with E-state index in [1.165, 1.54) is 24.3 Å². The Balaban J connectivity index is 1.51. The van der Waals surface area contributed by atoms with Gasteiger partial charge in [-0.2, -0.15) is 0 Å². The van der Waals surface area contributed by atoms with Gasteiger partial charge in [0.05, 0.1) is 16.5 Å². The molecule has 4 rings (SSSR count). The minimum Gasteiger partial charge on any atom is -0.336 e. The average Bonchev–Trinajstić information content (AvgIpc) is 3.57. The summed E-state index contributed by atoms with van der Waals surface area (Å²) in [6.07, 6.45) is 6.88. The molecule has 0 aromatic heterocycles. The SMILES string of the molecule is C#CC1(NC(=O)c2cc(NC(=O)C3C(c4cc(F)cc(Br)c4)C3(Cl)Cl)ccc2Cl)CC1. The molecule has 0 bridgehead atoms. The van der Waals surface area contributed by atoms with Crippen molar-refractivity contribution in [3.8, 4) is 12.3 Å². The fraction of sp³-hybridized carbons (Fsp3) is 0.273. The van der Waals surface area contributed by atoms with E-state index in [1.807, 2.05) is 0 Å². The Morgan fingerprint density at radius 2 is 1.90 bits per heavy atom. The van der Waals surface area contributed by atoms with Crippen molar-refractivity contribution in [2.24, 2.45) is 5.92 Å². The Morgan fingerprint density at radius 3 is 2.52 bits per heavy atom. The molecule has 2 aliphatic carbocycles. The van der Waals surface area contributed by atoms with Crippen LogP contribution >= 0.6 is 50.7 Å². The van der Waals surface area contributed by atoms with Gasteiger partial charge in [-0.05, 0) is 54.8 Å². The maximum Gasteiger partial charge on any atom is 0.254 e.